The molecule has 0 aromatic carbocycles. The minimum Gasteiger partial charge on any atom is -0.480 e. The highest BCUT2D eigenvalue weighted by Crippen LogP contribution is 1.98. The Kier molecular flexibility index (Phi) is 6.15. The van der Waals surface area contributed by atoms with Crippen LogP contribution in [0.4, 0.5) is 4.79 Å². The highest BCUT2D eigenvalue weighted by Gasteiger charge is 2.21. The lowest BCUT2D eigenvalue weighted by molar-refractivity contribution is -0.139. The Morgan fingerprint density at radius 2 is 2.19 bits per heavy atom. The number of rotatable bonds is 8. The Morgan fingerprint density at radius 3 is 2.71 bits per heavy atom. The summed E-state index contributed by atoms with van der Waals surface area (Å²) in [7, 11) is -3.17. The molecular weight excluding hydrogens is 300 g/mol. The molecule has 0 fully saturated rings. The molecule has 0 saturated heterocycles. The monoisotopic (exact) mass is 318 g/mol. The van der Waals surface area contributed by atoms with Gasteiger partial charge in [-0.3, -0.25) is 0 Å². The zero-order valence-electron chi connectivity index (χ0n) is 11.5. The molecule has 4 N–H and O–H groups in total. The molecule has 0 bridgehead atoms. The molecule has 1 rings (SSSR count). The Labute approximate surface area is 122 Å². The van der Waals surface area contributed by atoms with E-state index in [1.54, 1.807) is 0 Å². The highest BCUT2D eigenvalue weighted by molar-refractivity contribution is 7.91. The molecule has 21 heavy (non-hydrogen) atoms. The number of aliphatic carboxylic acids is 1. The third-order valence-electron chi connectivity index (χ3n) is 2.72. The van der Waals surface area contributed by atoms with Gasteiger partial charge in [0.2, 0.25) is 0 Å². The number of amides is 2. The van der Waals surface area contributed by atoms with Crippen LogP contribution < -0.4 is 10.6 Å². The SMILES string of the molecule is CCS(=O)(=O)CCNC(=O)NC(Cc1cnc[nH]1)C(=O)O. The lowest BCUT2D eigenvalue weighted by Gasteiger charge is -2.14. The summed E-state index contributed by atoms with van der Waals surface area (Å²) in [5.41, 5.74) is 0.566. The number of aromatic nitrogens is 2. The van der Waals surface area contributed by atoms with E-state index >= 15 is 0 Å². The first-order valence-corrected chi connectivity index (χ1v) is 8.11. The number of carboxylic acid groups (broad SMARTS) is 1. The van der Waals surface area contributed by atoms with E-state index in [9.17, 15) is 18.0 Å². The number of hydrogen-bond donors (Lipinski definition) is 4. The van der Waals surface area contributed by atoms with E-state index in [2.05, 4.69) is 20.6 Å². The van der Waals surface area contributed by atoms with Crippen LogP contribution in [-0.4, -0.2) is 59.6 Å². The van der Waals surface area contributed by atoms with Crippen molar-refractivity contribution in [2.45, 2.75) is 19.4 Å². The van der Waals surface area contributed by atoms with Gasteiger partial charge in [-0.1, -0.05) is 6.92 Å². The summed E-state index contributed by atoms with van der Waals surface area (Å²) >= 11 is 0. The number of carboxylic acids is 1. The fourth-order valence-corrected chi connectivity index (χ4v) is 2.19. The van der Waals surface area contributed by atoms with Crippen LogP contribution in [0, 0.1) is 0 Å². The van der Waals surface area contributed by atoms with Gasteiger partial charge in [0.05, 0.1) is 12.1 Å². The average Bonchev–Trinajstić information content (AvgIpc) is 2.90. The zero-order chi connectivity index (χ0) is 15.9. The first kappa shape index (κ1) is 17.0. The van der Waals surface area contributed by atoms with Gasteiger partial charge >= 0.3 is 12.0 Å². The predicted octanol–water partition coefficient (Wildman–Crippen LogP) is -0.861. The van der Waals surface area contributed by atoms with E-state index in [0.29, 0.717) is 5.69 Å². The number of nitrogens with zero attached hydrogens (tertiary/aromatic N) is 1. The summed E-state index contributed by atoms with van der Waals surface area (Å²) in [5.74, 6) is -1.38. The minimum atomic E-state index is -3.17. The lowest BCUT2D eigenvalue weighted by Crippen LogP contribution is -2.48. The van der Waals surface area contributed by atoms with Crippen molar-refractivity contribution in [1.82, 2.24) is 20.6 Å². The van der Waals surface area contributed by atoms with Crippen molar-refractivity contribution in [2.24, 2.45) is 0 Å². The molecule has 1 aromatic rings. The molecule has 0 radical (unpaired) electrons. The van der Waals surface area contributed by atoms with Crippen molar-refractivity contribution in [3.63, 3.8) is 0 Å². The van der Waals surface area contributed by atoms with Crippen LogP contribution in [0.15, 0.2) is 12.5 Å². The summed E-state index contributed by atoms with van der Waals surface area (Å²) in [5, 5.41) is 13.6. The number of H-pyrrole nitrogens is 1. The summed E-state index contributed by atoms with van der Waals surface area (Å²) in [6.45, 7) is 1.44. The van der Waals surface area contributed by atoms with Crippen molar-refractivity contribution in [1.29, 1.82) is 0 Å². The van der Waals surface area contributed by atoms with Crippen molar-refractivity contribution in [3.05, 3.63) is 18.2 Å². The molecule has 0 aliphatic rings. The molecule has 1 aromatic heterocycles. The second-order valence-electron chi connectivity index (χ2n) is 4.31. The van der Waals surface area contributed by atoms with Gasteiger partial charge in [0.1, 0.15) is 6.04 Å². The average molecular weight is 318 g/mol. The molecule has 0 saturated carbocycles. The Bertz CT molecular complexity index is 569. The zero-order valence-corrected chi connectivity index (χ0v) is 12.3. The quantitative estimate of drug-likeness (QED) is 0.491. The number of imidazole rings is 1. The van der Waals surface area contributed by atoms with Gasteiger partial charge in [0, 0.05) is 30.6 Å². The van der Waals surface area contributed by atoms with Crippen LogP contribution in [0.25, 0.3) is 0 Å². The van der Waals surface area contributed by atoms with Crippen molar-refractivity contribution < 1.29 is 23.1 Å². The summed E-state index contributed by atoms with van der Waals surface area (Å²) in [6.07, 6.45) is 2.92. The number of nitrogens with one attached hydrogen (secondary N) is 3. The van der Waals surface area contributed by atoms with Crippen LogP contribution in [0.3, 0.4) is 0 Å². The van der Waals surface area contributed by atoms with Gasteiger partial charge in [0.25, 0.3) is 0 Å². The first-order valence-electron chi connectivity index (χ1n) is 6.29. The molecule has 0 spiro atoms. The maximum Gasteiger partial charge on any atom is 0.326 e. The van der Waals surface area contributed by atoms with Gasteiger partial charge in [-0.15, -0.1) is 0 Å². The molecule has 2 amide bonds. The third-order valence-corrected chi connectivity index (χ3v) is 4.43. The van der Waals surface area contributed by atoms with Crippen molar-refractivity contribution >= 4 is 21.8 Å². The lowest BCUT2D eigenvalue weighted by atomic mass is 10.2. The fourth-order valence-electron chi connectivity index (χ4n) is 1.49. The van der Waals surface area contributed by atoms with Crippen molar-refractivity contribution in [2.75, 3.05) is 18.1 Å². The second kappa shape index (κ2) is 7.62. The van der Waals surface area contributed by atoms with Gasteiger partial charge in [0.15, 0.2) is 9.84 Å². The molecule has 9 nitrogen and oxygen atoms in total. The molecule has 1 heterocycles. The summed E-state index contributed by atoms with van der Waals surface area (Å²) in [4.78, 5) is 29.1. The van der Waals surface area contributed by atoms with E-state index < -0.39 is 27.9 Å². The molecule has 118 valence electrons. The standard InChI is InChI=1S/C11H18N4O5S/c1-2-21(19,20)4-3-13-11(18)15-9(10(16)17)5-8-6-12-7-14-8/h6-7,9H,2-5H2,1H3,(H,12,14)(H,16,17)(H2,13,15,18). The number of carbonyl (C=O) groups is 2. The maximum atomic E-state index is 11.6. The number of hydrogen-bond acceptors (Lipinski definition) is 5. The normalized spacial score (nSPS) is 12.6. The molecule has 0 aliphatic heterocycles. The molecular formula is C11H18N4O5S. The Hall–Kier alpha value is -2.10. The van der Waals surface area contributed by atoms with Crippen LogP contribution in [0.1, 0.15) is 12.6 Å². The van der Waals surface area contributed by atoms with Gasteiger partial charge in [-0.2, -0.15) is 0 Å². The number of sulfone groups is 1. The Morgan fingerprint density at radius 1 is 1.48 bits per heavy atom. The minimum absolute atomic E-state index is 0.00608. The van der Waals surface area contributed by atoms with Gasteiger partial charge in [-0.05, 0) is 0 Å². The smallest absolute Gasteiger partial charge is 0.326 e. The third kappa shape index (κ3) is 6.25. The number of carbonyl (C=O) groups excluding carboxylic acids is 1. The largest absolute Gasteiger partial charge is 0.480 e. The molecule has 1 unspecified atom stereocenters. The van der Waals surface area contributed by atoms with Gasteiger partial charge in [-0.25, -0.2) is 23.0 Å². The predicted molar refractivity (Wildman–Crippen MR) is 74.6 cm³/mol. The summed E-state index contributed by atoms with van der Waals surface area (Å²) < 4.78 is 22.5. The molecule has 1 atom stereocenters. The van der Waals surface area contributed by atoms with Crippen LogP contribution >= 0.6 is 0 Å². The van der Waals surface area contributed by atoms with Crippen LogP contribution in [0.2, 0.25) is 0 Å². The first-order chi connectivity index (χ1) is 9.84. The molecule has 10 heteroatoms. The van der Waals surface area contributed by atoms with Crippen molar-refractivity contribution in [3.8, 4) is 0 Å². The van der Waals surface area contributed by atoms with E-state index in [1.165, 1.54) is 19.4 Å². The fraction of sp³-hybridized carbons (Fsp3) is 0.545. The van der Waals surface area contributed by atoms with E-state index in [-0.39, 0.29) is 24.5 Å². The molecule has 0 aliphatic carbocycles. The number of urea groups is 1. The van der Waals surface area contributed by atoms with Crippen LogP contribution in [0.5, 0.6) is 0 Å². The second-order valence-corrected chi connectivity index (χ2v) is 6.78. The Balaban J connectivity index is 2.44. The number of aromatic amines is 1. The highest BCUT2D eigenvalue weighted by atomic mass is 32.2. The van der Waals surface area contributed by atoms with E-state index in [0.717, 1.165) is 0 Å². The summed E-state index contributed by atoms with van der Waals surface area (Å²) in [6, 6.07) is -1.86. The topological polar surface area (TPSA) is 141 Å². The van der Waals surface area contributed by atoms with E-state index in [4.69, 9.17) is 5.11 Å². The van der Waals surface area contributed by atoms with Crippen LogP contribution in [-0.2, 0) is 21.1 Å². The van der Waals surface area contributed by atoms with Gasteiger partial charge < -0.3 is 20.7 Å². The van der Waals surface area contributed by atoms with E-state index in [1.807, 2.05) is 0 Å². The maximum absolute atomic E-state index is 11.6.